The van der Waals surface area contributed by atoms with Gasteiger partial charge in [0.15, 0.2) is 6.04 Å². The van der Waals surface area contributed by atoms with E-state index >= 15 is 0 Å². The normalized spacial score (nSPS) is 12.0. The Morgan fingerprint density at radius 2 is 1.85 bits per heavy atom. The molecule has 1 N–H and O–H groups in total. The summed E-state index contributed by atoms with van der Waals surface area (Å²) in [6.45, 7) is 3.98. The molecule has 0 aliphatic carbocycles. The number of esters is 1. The van der Waals surface area contributed by atoms with Crippen LogP contribution in [0.4, 0.5) is 0 Å². The SMILES string of the molecule is COC(=O)[C@H](COCc1ccccc1)NC(=O)C(C)C. The Bertz CT molecular complexity index is 431. The van der Waals surface area contributed by atoms with Gasteiger partial charge >= 0.3 is 5.97 Å². The monoisotopic (exact) mass is 279 g/mol. The van der Waals surface area contributed by atoms with Crippen molar-refractivity contribution in [3.05, 3.63) is 35.9 Å². The molecule has 0 fully saturated rings. The molecule has 1 amide bonds. The average Bonchev–Trinajstić information content (AvgIpc) is 2.46. The number of nitrogens with one attached hydrogen (secondary N) is 1. The van der Waals surface area contributed by atoms with Crippen molar-refractivity contribution in [2.24, 2.45) is 5.92 Å². The minimum Gasteiger partial charge on any atom is -0.467 e. The van der Waals surface area contributed by atoms with Gasteiger partial charge in [-0.25, -0.2) is 4.79 Å². The van der Waals surface area contributed by atoms with Gasteiger partial charge in [-0.15, -0.1) is 0 Å². The zero-order valence-electron chi connectivity index (χ0n) is 12.1. The predicted octanol–water partition coefficient (Wildman–Crippen LogP) is 1.52. The van der Waals surface area contributed by atoms with Crippen molar-refractivity contribution in [3.8, 4) is 0 Å². The second-order valence-corrected chi connectivity index (χ2v) is 4.74. The molecule has 0 heterocycles. The molecule has 0 bridgehead atoms. The summed E-state index contributed by atoms with van der Waals surface area (Å²) in [6, 6.07) is 8.83. The number of methoxy groups -OCH3 is 1. The number of carbonyl (C=O) groups is 2. The molecule has 1 aromatic carbocycles. The molecule has 0 aliphatic heterocycles. The zero-order valence-corrected chi connectivity index (χ0v) is 12.1. The maximum atomic E-state index is 11.6. The van der Waals surface area contributed by atoms with E-state index in [1.165, 1.54) is 7.11 Å². The van der Waals surface area contributed by atoms with E-state index in [1.54, 1.807) is 13.8 Å². The van der Waals surface area contributed by atoms with E-state index in [1.807, 2.05) is 30.3 Å². The largest absolute Gasteiger partial charge is 0.467 e. The smallest absolute Gasteiger partial charge is 0.330 e. The first-order chi connectivity index (χ1) is 9.54. The third-order valence-electron chi connectivity index (χ3n) is 2.72. The van der Waals surface area contributed by atoms with Crippen LogP contribution in [0.2, 0.25) is 0 Å². The van der Waals surface area contributed by atoms with Gasteiger partial charge in [-0.1, -0.05) is 44.2 Å². The summed E-state index contributed by atoms with van der Waals surface area (Å²) in [6.07, 6.45) is 0. The summed E-state index contributed by atoms with van der Waals surface area (Å²) in [4.78, 5) is 23.2. The molecule has 5 nitrogen and oxygen atoms in total. The predicted molar refractivity (Wildman–Crippen MR) is 74.9 cm³/mol. The van der Waals surface area contributed by atoms with E-state index in [9.17, 15) is 9.59 Å². The molecule has 0 aliphatic rings. The van der Waals surface area contributed by atoms with Crippen LogP contribution in [0.1, 0.15) is 19.4 Å². The summed E-state index contributed by atoms with van der Waals surface area (Å²) in [7, 11) is 1.29. The Balaban J connectivity index is 2.48. The maximum absolute atomic E-state index is 11.6. The van der Waals surface area contributed by atoms with Crippen molar-refractivity contribution < 1.29 is 19.1 Å². The van der Waals surface area contributed by atoms with Crippen LogP contribution in [0.15, 0.2) is 30.3 Å². The molecule has 0 spiro atoms. The first-order valence-corrected chi connectivity index (χ1v) is 6.54. The highest BCUT2D eigenvalue weighted by Gasteiger charge is 2.22. The van der Waals surface area contributed by atoms with Crippen LogP contribution in [-0.4, -0.2) is 31.6 Å². The van der Waals surface area contributed by atoms with Crippen LogP contribution < -0.4 is 5.32 Å². The van der Waals surface area contributed by atoms with Crippen molar-refractivity contribution in [2.45, 2.75) is 26.5 Å². The molecular weight excluding hydrogens is 258 g/mol. The highest BCUT2D eigenvalue weighted by atomic mass is 16.5. The van der Waals surface area contributed by atoms with E-state index < -0.39 is 12.0 Å². The van der Waals surface area contributed by atoms with Crippen molar-refractivity contribution >= 4 is 11.9 Å². The molecule has 1 atom stereocenters. The summed E-state index contributed by atoms with van der Waals surface area (Å²) < 4.78 is 10.1. The van der Waals surface area contributed by atoms with E-state index in [-0.39, 0.29) is 18.4 Å². The van der Waals surface area contributed by atoms with Crippen molar-refractivity contribution in [3.63, 3.8) is 0 Å². The summed E-state index contributed by atoms with van der Waals surface area (Å²) in [5, 5.41) is 2.61. The summed E-state index contributed by atoms with van der Waals surface area (Å²) >= 11 is 0. The lowest BCUT2D eigenvalue weighted by Crippen LogP contribution is -2.46. The second-order valence-electron chi connectivity index (χ2n) is 4.74. The highest BCUT2D eigenvalue weighted by Crippen LogP contribution is 2.02. The molecule has 20 heavy (non-hydrogen) atoms. The summed E-state index contributed by atoms with van der Waals surface area (Å²) in [5.41, 5.74) is 1.01. The first kappa shape index (κ1) is 16.2. The molecule has 110 valence electrons. The molecule has 1 rings (SSSR count). The third-order valence-corrected chi connectivity index (χ3v) is 2.72. The Morgan fingerprint density at radius 1 is 1.20 bits per heavy atom. The quantitative estimate of drug-likeness (QED) is 0.769. The van der Waals surface area contributed by atoms with Crippen LogP contribution in [0, 0.1) is 5.92 Å². The molecule has 0 unspecified atom stereocenters. The van der Waals surface area contributed by atoms with Gasteiger partial charge in [0.05, 0.1) is 20.3 Å². The lowest BCUT2D eigenvalue weighted by molar-refractivity contribution is -0.147. The van der Waals surface area contributed by atoms with E-state index in [4.69, 9.17) is 4.74 Å². The van der Waals surface area contributed by atoms with Gasteiger partial charge in [0.25, 0.3) is 0 Å². The molecule has 0 radical (unpaired) electrons. The lowest BCUT2D eigenvalue weighted by Gasteiger charge is -2.18. The Labute approximate surface area is 119 Å². The highest BCUT2D eigenvalue weighted by molar-refractivity contribution is 5.85. The van der Waals surface area contributed by atoms with Crippen molar-refractivity contribution in [1.82, 2.24) is 5.32 Å². The Morgan fingerprint density at radius 3 is 2.40 bits per heavy atom. The minimum absolute atomic E-state index is 0.0834. The van der Waals surface area contributed by atoms with Crippen LogP contribution in [0.5, 0.6) is 0 Å². The molecule has 0 saturated heterocycles. The van der Waals surface area contributed by atoms with Crippen LogP contribution in [0.25, 0.3) is 0 Å². The van der Waals surface area contributed by atoms with Crippen LogP contribution in [-0.2, 0) is 25.7 Å². The third kappa shape index (κ3) is 5.40. The van der Waals surface area contributed by atoms with Crippen molar-refractivity contribution in [2.75, 3.05) is 13.7 Å². The first-order valence-electron chi connectivity index (χ1n) is 6.54. The fourth-order valence-electron chi connectivity index (χ4n) is 1.52. The standard InChI is InChI=1S/C15H21NO4/c1-11(2)14(17)16-13(15(18)19-3)10-20-9-12-7-5-4-6-8-12/h4-8,11,13H,9-10H2,1-3H3,(H,16,17)/t13-/m0/s1. The van der Waals surface area contributed by atoms with E-state index in [0.717, 1.165) is 5.56 Å². The number of carbonyl (C=O) groups excluding carboxylic acids is 2. The molecule has 5 heteroatoms. The van der Waals surface area contributed by atoms with E-state index in [0.29, 0.717) is 6.61 Å². The zero-order chi connectivity index (χ0) is 15.0. The topological polar surface area (TPSA) is 64.6 Å². The van der Waals surface area contributed by atoms with Gasteiger partial charge in [-0.3, -0.25) is 4.79 Å². The fourth-order valence-corrected chi connectivity index (χ4v) is 1.52. The minimum atomic E-state index is -0.779. The van der Waals surface area contributed by atoms with Crippen LogP contribution in [0.3, 0.4) is 0 Å². The number of amides is 1. The number of hydrogen-bond donors (Lipinski definition) is 1. The number of ether oxygens (including phenoxy) is 2. The lowest BCUT2D eigenvalue weighted by atomic mass is 10.2. The molecule has 1 aromatic rings. The fraction of sp³-hybridized carbons (Fsp3) is 0.467. The van der Waals surface area contributed by atoms with Gasteiger partial charge in [0.2, 0.25) is 5.91 Å². The Kier molecular flexibility index (Phi) is 6.73. The summed E-state index contributed by atoms with van der Waals surface area (Å²) in [5.74, 6) is -0.910. The van der Waals surface area contributed by atoms with Gasteiger partial charge < -0.3 is 14.8 Å². The Hall–Kier alpha value is -1.88. The average molecular weight is 279 g/mol. The number of hydrogen-bond acceptors (Lipinski definition) is 4. The number of rotatable bonds is 7. The van der Waals surface area contributed by atoms with Gasteiger partial charge in [-0.2, -0.15) is 0 Å². The van der Waals surface area contributed by atoms with Gasteiger partial charge in [0.1, 0.15) is 0 Å². The molecule has 0 aromatic heterocycles. The van der Waals surface area contributed by atoms with Gasteiger partial charge in [-0.05, 0) is 5.56 Å². The molecule has 0 saturated carbocycles. The van der Waals surface area contributed by atoms with E-state index in [2.05, 4.69) is 10.1 Å². The van der Waals surface area contributed by atoms with Crippen LogP contribution >= 0.6 is 0 Å². The number of benzene rings is 1. The van der Waals surface area contributed by atoms with Gasteiger partial charge in [0, 0.05) is 5.92 Å². The maximum Gasteiger partial charge on any atom is 0.330 e. The molecular formula is C15H21NO4. The van der Waals surface area contributed by atoms with Crippen molar-refractivity contribution in [1.29, 1.82) is 0 Å². The second kappa shape index (κ2) is 8.32.